The molecule has 2 heterocycles. The molecule has 0 aliphatic rings. The predicted molar refractivity (Wildman–Crippen MR) is 73.0 cm³/mol. The largest absolute Gasteiger partial charge is 0.390 e. The highest BCUT2D eigenvalue weighted by atomic mass is 32.1. The van der Waals surface area contributed by atoms with Crippen LogP contribution in [0.15, 0.2) is 18.3 Å². The van der Waals surface area contributed by atoms with E-state index in [4.69, 9.17) is 12.2 Å². The van der Waals surface area contributed by atoms with Crippen LogP contribution in [0.1, 0.15) is 28.4 Å². The molecule has 2 aromatic rings. The maximum atomic E-state index is 9.27. The van der Waals surface area contributed by atoms with Crippen LogP contribution in [0, 0.1) is 11.7 Å². The smallest absolute Gasteiger partial charge is 0.177 e. The third kappa shape index (κ3) is 2.68. The zero-order chi connectivity index (χ0) is 12.4. The second kappa shape index (κ2) is 5.16. The van der Waals surface area contributed by atoms with E-state index in [1.165, 1.54) is 9.75 Å². The van der Waals surface area contributed by atoms with Gasteiger partial charge < -0.3 is 14.7 Å². The van der Waals surface area contributed by atoms with Gasteiger partial charge in [0.2, 0.25) is 0 Å². The number of nitrogens with one attached hydrogen (secondary N) is 1. The van der Waals surface area contributed by atoms with E-state index in [-0.39, 0.29) is 12.6 Å². The molecule has 92 valence electrons. The van der Waals surface area contributed by atoms with Gasteiger partial charge in [-0.15, -0.1) is 11.3 Å². The van der Waals surface area contributed by atoms with Gasteiger partial charge in [0.25, 0.3) is 0 Å². The number of thiophene rings is 1. The zero-order valence-corrected chi connectivity index (χ0v) is 11.6. The standard InChI is InChI=1S/C12H16N2OS2/c1-8(5-11-4-3-9(2)17-11)14-10(7-15)6-13-12(14)16/h3-4,6,8,15H,5,7H2,1-2H3,(H,13,16). The molecule has 0 radical (unpaired) electrons. The SMILES string of the molecule is Cc1ccc(CC(C)n2c(CO)c[nH]c2=S)s1. The van der Waals surface area contributed by atoms with E-state index in [1.54, 1.807) is 6.20 Å². The summed E-state index contributed by atoms with van der Waals surface area (Å²) in [6.07, 6.45) is 2.72. The van der Waals surface area contributed by atoms with Crippen LogP contribution in [0.25, 0.3) is 0 Å². The van der Waals surface area contributed by atoms with Crippen molar-refractivity contribution in [3.63, 3.8) is 0 Å². The Labute approximate surface area is 110 Å². The van der Waals surface area contributed by atoms with Crippen LogP contribution in [-0.2, 0) is 13.0 Å². The summed E-state index contributed by atoms with van der Waals surface area (Å²) in [5.41, 5.74) is 0.843. The minimum absolute atomic E-state index is 0.0148. The van der Waals surface area contributed by atoms with Gasteiger partial charge >= 0.3 is 0 Å². The van der Waals surface area contributed by atoms with Crippen LogP contribution >= 0.6 is 23.6 Å². The fourth-order valence-corrected chi connectivity index (χ4v) is 3.36. The van der Waals surface area contributed by atoms with Crippen molar-refractivity contribution in [2.24, 2.45) is 0 Å². The summed E-state index contributed by atoms with van der Waals surface area (Å²) in [6.45, 7) is 4.25. The minimum atomic E-state index is 0.0148. The number of aliphatic hydroxyl groups is 1. The molecule has 0 fully saturated rings. The maximum absolute atomic E-state index is 9.27. The maximum Gasteiger partial charge on any atom is 0.177 e. The molecule has 0 aliphatic carbocycles. The van der Waals surface area contributed by atoms with Crippen molar-refractivity contribution in [2.45, 2.75) is 32.9 Å². The number of rotatable bonds is 4. The number of hydrogen-bond donors (Lipinski definition) is 2. The Balaban J connectivity index is 2.22. The Hall–Kier alpha value is -0.910. The highest BCUT2D eigenvalue weighted by molar-refractivity contribution is 7.71. The molecular formula is C12H16N2OS2. The molecule has 5 heteroatoms. The van der Waals surface area contributed by atoms with Crippen molar-refractivity contribution in [1.29, 1.82) is 0 Å². The molecule has 0 aromatic carbocycles. The highest BCUT2D eigenvalue weighted by Gasteiger charge is 2.12. The van der Waals surface area contributed by atoms with E-state index < -0.39 is 0 Å². The molecule has 0 saturated carbocycles. The summed E-state index contributed by atoms with van der Waals surface area (Å²) in [7, 11) is 0. The van der Waals surface area contributed by atoms with Crippen molar-refractivity contribution < 1.29 is 5.11 Å². The van der Waals surface area contributed by atoms with Crippen LogP contribution in [0.4, 0.5) is 0 Å². The molecule has 0 spiro atoms. The normalized spacial score (nSPS) is 12.9. The second-order valence-corrected chi connectivity index (χ2v) is 5.94. The molecule has 0 amide bonds. The summed E-state index contributed by atoms with van der Waals surface area (Å²) in [4.78, 5) is 5.66. The summed E-state index contributed by atoms with van der Waals surface area (Å²) < 4.78 is 2.67. The molecule has 1 atom stereocenters. The van der Waals surface area contributed by atoms with E-state index >= 15 is 0 Å². The number of aryl methyl sites for hydroxylation is 1. The van der Waals surface area contributed by atoms with E-state index in [0.717, 1.165) is 12.1 Å². The molecule has 1 unspecified atom stereocenters. The summed E-state index contributed by atoms with van der Waals surface area (Å²) in [5, 5.41) is 9.27. The Morgan fingerprint density at radius 2 is 2.29 bits per heavy atom. The molecule has 0 saturated heterocycles. The van der Waals surface area contributed by atoms with Gasteiger partial charge in [0.05, 0.1) is 12.3 Å². The topological polar surface area (TPSA) is 41.0 Å². The van der Waals surface area contributed by atoms with Crippen molar-refractivity contribution in [1.82, 2.24) is 9.55 Å². The molecular weight excluding hydrogens is 252 g/mol. The number of H-pyrrole nitrogens is 1. The predicted octanol–water partition coefficient (Wildman–Crippen LogP) is 3.21. The molecule has 0 aliphatic heterocycles. The third-order valence-electron chi connectivity index (χ3n) is 2.79. The van der Waals surface area contributed by atoms with Gasteiger partial charge in [-0.3, -0.25) is 0 Å². The quantitative estimate of drug-likeness (QED) is 0.836. The van der Waals surface area contributed by atoms with E-state index in [2.05, 4.69) is 31.0 Å². The monoisotopic (exact) mass is 268 g/mol. The lowest BCUT2D eigenvalue weighted by Gasteiger charge is -2.15. The number of aliphatic hydroxyl groups excluding tert-OH is 1. The Bertz CT molecular complexity index is 553. The van der Waals surface area contributed by atoms with Crippen molar-refractivity contribution in [3.05, 3.63) is 38.5 Å². The lowest BCUT2D eigenvalue weighted by Crippen LogP contribution is -2.11. The fraction of sp³-hybridized carbons (Fsp3) is 0.417. The highest BCUT2D eigenvalue weighted by Crippen LogP contribution is 2.22. The van der Waals surface area contributed by atoms with Gasteiger partial charge in [-0.2, -0.15) is 0 Å². The lowest BCUT2D eigenvalue weighted by atomic mass is 10.2. The number of aromatic nitrogens is 2. The summed E-state index contributed by atoms with van der Waals surface area (Å²) >= 11 is 7.05. The van der Waals surface area contributed by atoms with Crippen molar-refractivity contribution >= 4 is 23.6 Å². The first-order chi connectivity index (χ1) is 8.11. The molecule has 3 nitrogen and oxygen atoms in total. The number of imidazole rings is 1. The minimum Gasteiger partial charge on any atom is -0.390 e. The van der Waals surface area contributed by atoms with Crippen molar-refractivity contribution in [2.75, 3.05) is 0 Å². The average Bonchev–Trinajstić information content (AvgIpc) is 2.84. The molecule has 0 bridgehead atoms. The average molecular weight is 268 g/mol. The second-order valence-electron chi connectivity index (χ2n) is 4.18. The molecule has 2 rings (SSSR count). The van der Waals surface area contributed by atoms with Gasteiger partial charge in [-0.25, -0.2) is 0 Å². The van der Waals surface area contributed by atoms with E-state index in [9.17, 15) is 5.11 Å². The van der Waals surface area contributed by atoms with E-state index in [1.807, 2.05) is 15.9 Å². The number of aromatic amines is 1. The zero-order valence-electron chi connectivity index (χ0n) is 9.93. The van der Waals surface area contributed by atoms with Gasteiger partial charge in [0, 0.05) is 28.4 Å². The van der Waals surface area contributed by atoms with Crippen LogP contribution in [0.2, 0.25) is 0 Å². The first-order valence-electron chi connectivity index (χ1n) is 5.56. The Kier molecular flexibility index (Phi) is 3.81. The molecule has 2 aromatic heterocycles. The first kappa shape index (κ1) is 12.5. The third-order valence-corrected chi connectivity index (χ3v) is 4.12. The van der Waals surface area contributed by atoms with Gasteiger partial charge in [0.1, 0.15) is 0 Å². The fourth-order valence-electron chi connectivity index (χ4n) is 2.00. The van der Waals surface area contributed by atoms with Crippen LogP contribution in [0.5, 0.6) is 0 Å². The van der Waals surface area contributed by atoms with E-state index in [0.29, 0.717) is 4.77 Å². The lowest BCUT2D eigenvalue weighted by molar-refractivity contribution is 0.266. The molecule has 17 heavy (non-hydrogen) atoms. The Morgan fingerprint density at radius 3 is 2.88 bits per heavy atom. The summed E-state index contributed by atoms with van der Waals surface area (Å²) in [6, 6.07) is 4.55. The summed E-state index contributed by atoms with van der Waals surface area (Å²) in [5.74, 6) is 0. The van der Waals surface area contributed by atoms with Crippen LogP contribution in [-0.4, -0.2) is 14.7 Å². The first-order valence-corrected chi connectivity index (χ1v) is 6.79. The van der Waals surface area contributed by atoms with Crippen LogP contribution < -0.4 is 0 Å². The number of nitrogens with zero attached hydrogens (tertiary/aromatic N) is 1. The Morgan fingerprint density at radius 1 is 1.53 bits per heavy atom. The van der Waals surface area contributed by atoms with Gasteiger partial charge in [0.15, 0.2) is 4.77 Å². The van der Waals surface area contributed by atoms with Gasteiger partial charge in [-0.05, 0) is 38.2 Å². The van der Waals surface area contributed by atoms with Gasteiger partial charge in [-0.1, -0.05) is 0 Å². The van der Waals surface area contributed by atoms with Crippen LogP contribution in [0.3, 0.4) is 0 Å². The van der Waals surface area contributed by atoms with Crippen molar-refractivity contribution in [3.8, 4) is 0 Å². The molecule has 2 N–H and O–H groups in total. The number of hydrogen-bond acceptors (Lipinski definition) is 3.